The number of allylic oxidation sites excluding steroid dienone is 1. The first-order chi connectivity index (χ1) is 12.7. The number of fused-ring (bicyclic) bond motifs is 1. The molecule has 1 saturated carbocycles. The molecule has 0 saturated heterocycles. The molecule has 140 valence electrons. The van der Waals surface area contributed by atoms with E-state index in [1.807, 2.05) is 13.0 Å². The summed E-state index contributed by atoms with van der Waals surface area (Å²) in [7, 11) is 1.79. The van der Waals surface area contributed by atoms with Crippen LogP contribution >= 0.6 is 0 Å². The van der Waals surface area contributed by atoms with Crippen LogP contribution in [0.2, 0.25) is 0 Å². The van der Waals surface area contributed by atoms with Gasteiger partial charge in [0.05, 0.1) is 7.11 Å². The molecule has 0 aliphatic heterocycles. The maximum atomic E-state index is 6.33. The standard InChI is InChI=1S/C24H32O2/c1-5-10-17(3)26-24-18(6-2)13-14-20-15-21(19-11-8-7-9-12-19)23(25-4)16-22(20)24/h5,10,13-17,19H,6-9,11-12H2,1-4H3. The zero-order chi connectivity index (χ0) is 18.5. The first-order valence-electron chi connectivity index (χ1n) is 10.1. The Labute approximate surface area is 158 Å². The van der Waals surface area contributed by atoms with Crippen molar-refractivity contribution in [2.45, 2.75) is 71.3 Å². The first kappa shape index (κ1) is 18.8. The minimum atomic E-state index is 0.0555. The van der Waals surface area contributed by atoms with Crippen molar-refractivity contribution in [3.63, 3.8) is 0 Å². The second kappa shape index (κ2) is 8.62. The van der Waals surface area contributed by atoms with Crippen molar-refractivity contribution in [3.8, 4) is 11.5 Å². The molecule has 0 radical (unpaired) electrons. The molecule has 1 aliphatic carbocycles. The molecule has 0 amide bonds. The van der Waals surface area contributed by atoms with Gasteiger partial charge in [0.2, 0.25) is 0 Å². The third-order valence-corrected chi connectivity index (χ3v) is 5.60. The normalized spacial score (nSPS) is 16.9. The molecule has 0 bridgehead atoms. The Morgan fingerprint density at radius 3 is 2.58 bits per heavy atom. The molecule has 1 fully saturated rings. The van der Waals surface area contributed by atoms with Gasteiger partial charge in [0.15, 0.2) is 0 Å². The van der Waals surface area contributed by atoms with Crippen molar-refractivity contribution < 1.29 is 9.47 Å². The summed E-state index contributed by atoms with van der Waals surface area (Å²) in [6.45, 7) is 6.30. The second-order valence-corrected chi connectivity index (χ2v) is 7.41. The molecule has 3 rings (SSSR count). The lowest BCUT2D eigenvalue weighted by atomic mass is 9.82. The van der Waals surface area contributed by atoms with Crippen LogP contribution in [0.25, 0.3) is 10.8 Å². The molecular weight excluding hydrogens is 320 g/mol. The number of hydrogen-bond acceptors (Lipinski definition) is 2. The average molecular weight is 353 g/mol. The molecular formula is C24H32O2. The highest BCUT2D eigenvalue weighted by Gasteiger charge is 2.21. The highest BCUT2D eigenvalue weighted by molar-refractivity contribution is 5.92. The van der Waals surface area contributed by atoms with Gasteiger partial charge < -0.3 is 9.47 Å². The Morgan fingerprint density at radius 2 is 1.92 bits per heavy atom. The zero-order valence-corrected chi connectivity index (χ0v) is 16.7. The fourth-order valence-electron chi connectivity index (χ4n) is 4.21. The lowest BCUT2D eigenvalue weighted by Gasteiger charge is -2.25. The lowest BCUT2D eigenvalue weighted by Crippen LogP contribution is -2.10. The molecule has 1 atom stereocenters. The van der Waals surface area contributed by atoms with Gasteiger partial charge in [-0.1, -0.05) is 44.4 Å². The predicted molar refractivity (Wildman–Crippen MR) is 111 cm³/mol. The fraction of sp³-hybridized carbons (Fsp3) is 0.500. The van der Waals surface area contributed by atoms with Crippen LogP contribution in [0.1, 0.15) is 69.9 Å². The van der Waals surface area contributed by atoms with Gasteiger partial charge >= 0.3 is 0 Å². The molecule has 2 aromatic rings. The molecule has 26 heavy (non-hydrogen) atoms. The summed E-state index contributed by atoms with van der Waals surface area (Å²) in [6.07, 6.45) is 11.7. The van der Waals surface area contributed by atoms with Gasteiger partial charge in [-0.25, -0.2) is 0 Å². The summed E-state index contributed by atoms with van der Waals surface area (Å²) < 4.78 is 12.2. The second-order valence-electron chi connectivity index (χ2n) is 7.41. The van der Waals surface area contributed by atoms with Crippen LogP contribution in [-0.4, -0.2) is 13.2 Å². The lowest BCUT2D eigenvalue weighted by molar-refractivity contribution is 0.270. The van der Waals surface area contributed by atoms with Crippen LogP contribution in [0, 0.1) is 0 Å². The molecule has 1 unspecified atom stereocenters. The van der Waals surface area contributed by atoms with Crippen molar-refractivity contribution in [1.29, 1.82) is 0 Å². The van der Waals surface area contributed by atoms with Crippen LogP contribution in [-0.2, 0) is 6.42 Å². The molecule has 2 nitrogen and oxygen atoms in total. The molecule has 0 aromatic heterocycles. The summed E-state index contributed by atoms with van der Waals surface area (Å²) in [5, 5.41) is 2.42. The largest absolute Gasteiger partial charge is 0.496 e. The number of hydrogen-bond donors (Lipinski definition) is 0. The Bertz CT molecular complexity index is 769. The Hall–Kier alpha value is -1.96. The van der Waals surface area contributed by atoms with Crippen LogP contribution in [0.3, 0.4) is 0 Å². The van der Waals surface area contributed by atoms with Crippen LogP contribution < -0.4 is 9.47 Å². The molecule has 0 heterocycles. The van der Waals surface area contributed by atoms with Gasteiger partial charge in [0.1, 0.15) is 17.6 Å². The van der Waals surface area contributed by atoms with Gasteiger partial charge in [-0.05, 0) is 73.7 Å². The van der Waals surface area contributed by atoms with Gasteiger partial charge in [-0.3, -0.25) is 0 Å². The van der Waals surface area contributed by atoms with E-state index in [2.05, 4.69) is 44.2 Å². The van der Waals surface area contributed by atoms with E-state index in [4.69, 9.17) is 9.47 Å². The van der Waals surface area contributed by atoms with Crippen molar-refractivity contribution in [1.82, 2.24) is 0 Å². The van der Waals surface area contributed by atoms with E-state index < -0.39 is 0 Å². The number of aryl methyl sites for hydroxylation is 1. The number of rotatable bonds is 6. The van der Waals surface area contributed by atoms with E-state index in [0.717, 1.165) is 23.3 Å². The third-order valence-electron chi connectivity index (χ3n) is 5.60. The third kappa shape index (κ3) is 3.90. The topological polar surface area (TPSA) is 18.5 Å². The maximum absolute atomic E-state index is 6.33. The Balaban J connectivity index is 2.10. The quantitative estimate of drug-likeness (QED) is 0.532. The minimum absolute atomic E-state index is 0.0555. The molecule has 0 spiro atoms. The number of methoxy groups -OCH3 is 1. The van der Waals surface area contributed by atoms with E-state index in [9.17, 15) is 0 Å². The van der Waals surface area contributed by atoms with Crippen molar-refractivity contribution >= 4 is 10.8 Å². The fourth-order valence-corrected chi connectivity index (χ4v) is 4.21. The van der Waals surface area contributed by atoms with Crippen LogP contribution in [0.15, 0.2) is 36.4 Å². The van der Waals surface area contributed by atoms with Crippen molar-refractivity contribution in [3.05, 3.63) is 47.5 Å². The van der Waals surface area contributed by atoms with E-state index in [1.54, 1.807) is 7.11 Å². The maximum Gasteiger partial charge on any atom is 0.131 e. The summed E-state index contributed by atoms with van der Waals surface area (Å²) in [6, 6.07) is 9.01. The van der Waals surface area contributed by atoms with Crippen molar-refractivity contribution in [2.24, 2.45) is 0 Å². The monoisotopic (exact) mass is 352 g/mol. The van der Waals surface area contributed by atoms with E-state index in [0.29, 0.717) is 5.92 Å². The number of benzene rings is 2. The highest BCUT2D eigenvalue weighted by Crippen LogP contribution is 2.42. The summed E-state index contributed by atoms with van der Waals surface area (Å²) >= 11 is 0. The van der Waals surface area contributed by atoms with Gasteiger partial charge in [-0.2, -0.15) is 0 Å². The molecule has 1 aliphatic rings. The molecule has 2 heteroatoms. The van der Waals surface area contributed by atoms with Gasteiger partial charge in [0.25, 0.3) is 0 Å². The summed E-state index contributed by atoms with van der Waals surface area (Å²) in [5.74, 6) is 2.64. The van der Waals surface area contributed by atoms with E-state index >= 15 is 0 Å². The van der Waals surface area contributed by atoms with E-state index in [1.165, 1.54) is 48.6 Å². The van der Waals surface area contributed by atoms with Gasteiger partial charge in [-0.15, -0.1) is 0 Å². The minimum Gasteiger partial charge on any atom is -0.496 e. The van der Waals surface area contributed by atoms with Crippen LogP contribution in [0.5, 0.6) is 11.5 Å². The smallest absolute Gasteiger partial charge is 0.131 e. The SMILES string of the molecule is CC=CC(C)Oc1c(CC)ccc2cc(C3CCCCC3)c(OC)cc12. The summed E-state index contributed by atoms with van der Waals surface area (Å²) in [5.41, 5.74) is 2.62. The predicted octanol–water partition coefficient (Wildman–Crippen LogP) is 6.80. The van der Waals surface area contributed by atoms with Gasteiger partial charge in [0, 0.05) is 5.39 Å². The highest BCUT2D eigenvalue weighted by atomic mass is 16.5. The number of ether oxygens (including phenoxy) is 2. The Kier molecular flexibility index (Phi) is 6.24. The average Bonchev–Trinajstić information content (AvgIpc) is 2.68. The van der Waals surface area contributed by atoms with Crippen molar-refractivity contribution in [2.75, 3.05) is 7.11 Å². The zero-order valence-electron chi connectivity index (χ0n) is 16.7. The summed E-state index contributed by atoms with van der Waals surface area (Å²) in [4.78, 5) is 0. The molecule has 0 N–H and O–H groups in total. The first-order valence-corrected chi connectivity index (χ1v) is 10.1. The molecule has 2 aromatic carbocycles. The van der Waals surface area contributed by atoms with E-state index in [-0.39, 0.29) is 6.10 Å². The van der Waals surface area contributed by atoms with Crippen LogP contribution in [0.4, 0.5) is 0 Å². The Morgan fingerprint density at radius 1 is 1.15 bits per heavy atom.